The van der Waals surface area contributed by atoms with Crippen molar-refractivity contribution >= 4 is 29.2 Å². The minimum absolute atomic E-state index is 0.160. The van der Waals surface area contributed by atoms with Crippen molar-refractivity contribution < 1.29 is 14.6 Å². The van der Waals surface area contributed by atoms with E-state index in [9.17, 15) is 4.79 Å². The van der Waals surface area contributed by atoms with Crippen molar-refractivity contribution in [2.75, 3.05) is 19.7 Å². The van der Waals surface area contributed by atoms with Crippen LogP contribution in [0.5, 0.6) is 5.75 Å². The molecule has 6 heteroatoms. The van der Waals surface area contributed by atoms with Crippen LogP contribution in [0.3, 0.4) is 0 Å². The van der Waals surface area contributed by atoms with Gasteiger partial charge in [0.05, 0.1) is 12.2 Å². The number of carbonyl (C=O) groups is 1. The number of halogens is 2. The fourth-order valence-electron chi connectivity index (χ4n) is 1.96. The first-order valence-corrected chi connectivity index (χ1v) is 7.87. The lowest BCUT2D eigenvalue weighted by Crippen LogP contribution is -2.30. The van der Waals surface area contributed by atoms with Crippen LogP contribution in [-0.4, -0.2) is 35.6 Å². The van der Waals surface area contributed by atoms with Crippen LogP contribution in [-0.2, 0) is 0 Å². The predicted molar refractivity (Wildman–Crippen MR) is 85.7 cm³/mol. The van der Waals surface area contributed by atoms with Crippen molar-refractivity contribution in [2.45, 2.75) is 24.6 Å². The number of nitrogens with one attached hydrogen (secondary N) is 1. The highest BCUT2D eigenvalue weighted by Crippen LogP contribution is 2.23. The van der Waals surface area contributed by atoms with E-state index in [0.717, 1.165) is 25.9 Å². The first kappa shape index (κ1) is 18.1. The second-order valence-corrected chi connectivity index (χ2v) is 5.85. The van der Waals surface area contributed by atoms with Crippen LogP contribution in [0.15, 0.2) is 24.3 Å². The van der Waals surface area contributed by atoms with E-state index in [-0.39, 0.29) is 10.4 Å². The molecule has 0 atom stereocenters. The van der Waals surface area contributed by atoms with E-state index >= 15 is 0 Å². The Bertz CT molecular complexity index is 417. The van der Waals surface area contributed by atoms with Gasteiger partial charge in [-0.3, -0.25) is 0 Å². The Hall–Kier alpha value is -0.970. The molecular formula is C15H21Cl2NO3. The summed E-state index contributed by atoms with van der Waals surface area (Å²) < 4.78 is 5.15. The van der Waals surface area contributed by atoms with Crippen molar-refractivity contribution in [3.05, 3.63) is 29.8 Å². The van der Waals surface area contributed by atoms with Crippen molar-refractivity contribution in [1.82, 2.24) is 5.32 Å². The summed E-state index contributed by atoms with van der Waals surface area (Å²) in [5, 5.41) is 11.8. The topological polar surface area (TPSA) is 58.6 Å². The Labute approximate surface area is 135 Å². The number of carboxylic acid groups (broad SMARTS) is 1. The van der Waals surface area contributed by atoms with Crippen LogP contribution in [0.4, 0.5) is 0 Å². The molecule has 1 aliphatic heterocycles. The summed E-state index contributed by atoms with van der Waals surface area (Å²) in [5.74, 6) is 0.301. The minimum atomic E-state index is -0.918. The normalized spacial score (nSPS) is 15.2. The van der Waals surface area contributed by atoms with Gasteiger partial charge in [0.25, 0.3) is 0 Å². The number of aromatic carboxylic acids is 1. The van der Waals surface area contributed by atoms with E-state index in [1.54, 1.807) is 12.1 Å². The summed E-state index contributed by atoms with van der Waals surface area (Å²) in [6.45, 7) is 4.61. The van der Waals surface area contributed by atoms with Gasteiger partial charge in [-0.1, -0.05) is 0 Å². The van der Waals surface area contributed by atoms with Crippen molar-refractivity contribution in [3.63, 3.8) is 0 Å². The molecule has 0 aromatic heterocycles. The average Bonchev–Trinajstić information content (AvgIpc) is 2.50. The summed E-state index contributed by atoms with van der Waals surface area (Å²) in [6, 6.07) is 6.33. The maximum absolute atomic E-state index is 10.4. The van der Waals surface area contributed by atoms with E-state index in [4.69, 9.17) is 33.0 Å². The summed E-state index contributed by atoms with van der Waals surface area (Å²) in [7, 11) is 0. The molecule has 2 N–H and O–H groups in total. The van der Waals surface area contributed by atoms with E-state index in [1.807, 2.05) is 6.92 Å². The van der Waals surface area contributed by atoms with Crippen LogP contribution in [0.25, 0.3) is 0 Å². The molecule has 0 unspecified atom stereocenters. The summed E-state index contributed by atoms with van der Waals surface area (Å²) in [5.41, 5.74) is 0.276. The molecule has 1 heterocycles. The monoisotopic (exact) mass is 333 g/mol. The zero-order chi connectivity index (χ0) is 15.7. The molecular weight excluding hydrogens is 313 g/mol. The molecule has 1 aromatic carbocycles. The zero-order valence-corrected chi connectivity index (χ0v) is 13.5. The molecule has 1 saturated heterocycles. The number of carboxylic acids is 1. The van der Waals surface area contributed by atoms with Gasteiger partial charge in [0.15, 0.2) is 0 Å². The fraction of sp³-hybridized carbons (Fsp3) is 0.533. The third kappa shape index (κ3) is 7.02. The van der Waals surface area contributed by atoms with Crippen molar-refractivity contribution in [2.24, 2.45) is 5.92 Å². The predicted octanol–water partition coefficient (Wildman–Crippen LogP) is 3.57. The third-order valence-electron chi connectivity index (χ3n) is 3.15. The lowest BCUT2D eigenvalue weighted by atomic mass is 10.0. The van der Waals surface area contributed by atoms with Gasteiger partial charge >= 0.3 is 5.97 Å². The Balaban J connectivity index is 0.000000219. The number of ether oxygens (including phenoxy) is 1. The van der Waals surface area contributed by atoms with Gasteiger partial charge in [0.2, 0.25) is 0 Å². The smallest absolute Gasteiger partial charge is 0.335 e. The zero-order valence-electron chi connectivity index (χ0n) is 12.0. The first-order chi connectivity index (χ1) is 10.0. The number of hydrogen-bond donors (Lipinski definition) is 2. The highest BCUT2D eigenvalue weighted by molar-refractivity contribution is 6.44. The third-order valence-corrected chi connectivity index (χ3v) is 3.87. The Morgan fingerprint density at radius 1 is 1.33 bits per heavy atom. The van der Waals surface area contributed by atoms with Gasteiger partial charge in [-0.05, 0) is 63.0 Å². The molecule has 0 spiro atoms. The lowest BCUT2D eigenvalue weighted by molar-refractivity contribution is 0.0697. The van der Waals surface area contributed by atoms with Crippen LogP contribution in [0, 0.1) is 5.92 Å². The Morgan fingerprint density at radius 2 is 1.90 bits per heavy atom. The number of hydrogen-bond acceptors (Lipinski definition) is 3. The Kier molecular flexibility index (Phi) is 8.50. The largest absolute Gasteiger partial charge is 0.494 e. The van der Waals surface area contributed by atoms with Crippen LogP contribution in [0.1, 0.15) is 30.1 Å². The van der Waals surface area contributed by atoms with Gasteiger partial charge in [0, 0.05) is 0 Å². The SMILES string of the molecule is CCOc1ccc(C(=O)O)cc1.ClC(Cl)C1CCNCC1. The maximum Gasteiger partial charge on any atom is 0.335 e. The number of piperidine rings is 1. The minimum Gasteiger partial charge on any atom is -0.494 e. The van der Waals surface area contributed by atoms with E-state index in [1.165, 1.54) is 12.1 Å². The lowest BCUT2D eigenvalue weighted by Gasteiger charge is -2.22. The van der Waals surface area contributed by atoms with Crippen molar-refractivity contribution in [3.8, 4) is 5.75 Å². The summed E-state index contributed by atoms with van der Waals surface area (Å²) in [6.07, 6.45) is 2.25. The molecule has 0 aliphatic carbocycles. The molecule has 0 radical (unpaired) electrons. The highest BCUT2D eigenvalue weighted by Gasteiger charge is 2.18. The molecule has 1 aliphatic rings. The second kappa shape index (κ2) is 9.87. The van der Waals surface area contributed by atoms with Gasteiger partial charge < -0.3 is 15.2 Å². The first-order valence-electron chi connectivity index (χ1n) is 6.99. The Morgan fingerprint density at radius 3 is 2.29 bits per heavy atom. The van der Waals surface area contributed by atoms with Crippen LogP contribution >= 0.6 is 23.2 Å². The summed E-state index contributed by atoms with van der Waals surface area (Å²) >= 11 is 11.4. The molecule has 2 rings (SSSR count). The molecule has 0 bridgehead atoms. The number of alkyl halides is 2. The van der Waals surface area contributed by atoms with E-state index in [2.05, 4.69) is 5.32 Å². The molecule has 0 amide bonds. The van der Waals surface area contributed by atoms with E-state index in [0.29, 0.717) is 18.3 Å². The highest BCUT2D eigenvalue weighted by atomic mass is 35.5. The maximum atomic E-state index is 10.4. The van der Waals surface area contributed by atoms with E-state index < -0.39 is 5.97 Å². The second-order valence-electron chi connectivity index (χ2n) is 4.68. The molecule has 21 heavy (non-hydrogen) atoms. The fourth-order valence-corrected chi connectivity index (χ4v) is 2.46. The summed E-state index contributed by atoms with van der Waals surface area (Å²) in [4.78, 5) is 10.3. The molecule has 1 aromatic rings. The quantitative estimate of drug-likeness (QED) is 0.827. The van der Waals surface area contributed by atoms with Gasteiger partial charge in [-0.2, -0.15) is 0 Å². The molecule has 1 fully saturated rings. The number of rotatable bonds is 4. The van der Waals surface area contributed by atoms with Crippen LogP contribution < -0.4 is 10.1 Å². The molecule has 118 valence electrons. The van der Waals surface area contributed by atoms with Gasteiger partial charge in [0.1, 0.15) is 10.6 Å². The number of benzene rings is 1. The molecule has 4 nitrogen and oxygen atoms in total. The van der Waals surface area contributed by atoms with Gasteiger partial charge in [-0.15, -0.1) is 23.2 Å². The van der Waals surface area contributed by atoms with Gasteiger partial charge in [-0.25, -0.2) is 4.79 Å². The van der Waals surface area contributed by atoms with Crippen molar-refractivity contribution in [1.29, 1.82) is 0 Å². The molecule has 0 saturated carbocycles. The standard InChI is InChI=1S/C9H10O3.C6H11Cl2N/c1-2-12-8-5-3-7(4-6-8)9(10)11;7-6(8)5-1-3-9-4-2-5/h3-6H,2H2,1H3,(H,10,11);5-6,9H,1-4H2. The van der Waals surface area contributed by atoms with Crippen LogP contribution in [0.2, 0.25) is 0 Å². The average molecular weight is 334 g/mol.